The topological polar surface area (TPSA) is 81.9 Å². The van der Waals surface area contributed by atoms with Crippen LogP contribution in [0.25, 0.3) is 17.1 Å². The molecule has 2 aromatic heterocycles. The highest BCUT2D eigenvalue weighted by Crippen LogP contribution is 2.33. The maximum absolute atomic E-state index is 12.4. The fraction of sp³-hybridized carbons (Fsp3) is 0.0909. The van der Waals surface area contributed by atoms with Gasteiger partial charge in [0, 0.05) is 11.9 Å². The van der Waals surface area contributed by atoms with E-state index in [0.29, 0.717) is 27.6 Å². The van der Waals surface area contributed by atoms with Crippen molar-refractivity contribution >= 4 is 35.1 Å². The van der Waals surface area contributed by atoms with Gasteiger partial charge in [0.15, 0.2) is 11.0 Å². The molecule has 4 rings (SSSR count). The second kappa shape index (κ2) is 9.63. The molecular formula is C22H18ClN5O2S. The first-order valence-corrected chi connectivity index (χ1v) is 10.7. The number of nitrogens with zero attached hydrogens (tertiary/aromatic N) is 4. The van der Waals surface area contributed by atoms with Crippen molar-refractivity contribution in [1.82, 2.24) is 19.7 Å². The Hall–Kier alpha value is -3.36. The quantitative estimate of drug-likeness (QED) is 0.409. The average Bonchev–Trinajstić information content (AvgIpc) is 3.23. The number of carbonyl (C=O) groups is 1. The molecule has 7 nitrogen and oxygen atoms in total. The summed E-state index contributed by atoms with van der Waals surface area (Å²) in [6.07, 6.45) is 1.48. The molecule has 0 saturated heterocycles. The highest BCUT2D eigenvalue weighted by Gasteiger charge is 2.19. The summed E-state index contributed by atoms with van der Waals surface area (Å²) < 4.78 is 7.42. The van der Waals surface area contributed by atoms with Gasteiger partial charge in [0.05, 0.1) is 23.4 Å². The third-order valence-corrected chi connectivity index (χ3v) is 5.48. The first-order valence-electron chi connectivity index (χ1n) is 9.34. The monoisotopic (exact) mass is 451 g/mol. The molecule has 4 aromatic rings. The third kappa shape index (κ3) is 4.87. The molecule has 0 saturated carbocycles. The number of anilines is 1. The summed E-state index contributed by atoms with van der Waals surface area (Å²) in [5.41, 5.74) is 1.69. The molecule has 2 heterocycles. The maximum atomic E-state index is 12.4. The molecule has 0 radical (unpaired) electrons. The molecule has 1 N–H and O–H groups in total. The van der Waals surface area contributed by atoms with E-state index in [4.69, 9.17) is 16.3 Å². The number of carbonyl (C=O) groups excluding carboxylic acids is 1. The first-order chi connectivity index (χ1) is 15.2. The van der Waals surface area contributed by atoms with Crippen LogP contribution in [0.4, 0.5) is 5.82 Å². The Bertz CT molecular complexity index is 1180. The summed E-state index contributed by atoms with van der Waals surface area (Å²) in [5, 5.41) is 12.6. The molecule has 0 bridgehead atoms. The van der Waals surface area contributed by atoms with Gasteiger partial charge >= 0.3 is 0 Å². The number of hydrogen-bond acceptors (Lipinski definition) is 6. The van der Waals surface area contributed by atoms with Crippen molar-refractivity contribution in [1.29, 1.82) is 0 Å². The minimum Gasteiger partial charge on any atom is -0.496 e. The number of hydrogen-bond donors (Lipinski definition) is 1. The van der Waals surface area contributed by atoms with Gasteiger partial charge in [-0.15, -0.1) is 10.2 Å². The second-order valence-corrected chi connectivity index (χ2v) is 7.75. The van der Waals surface area contributed by atoms with Crippen LogP contribution in [0.15, 0.2) is 78.1 Å². The molecule has 2 aromatic carbocycles. The molecule has 0 fully saturated rings. The van der Waals surface area contributed by atoms with Gasteiger partial charge in [-0.1, -0.05) is 53.7 Å². The summed E-state index contributed by atoms with van der Waals surface area (Å²) in [5.74, 6) is 1.69. The van der Waals surface area contributed by atoms with Crippen LogP contribution >= 0.6 is 23.4 Å². The number of para-hydroxylation sites is 2. The molecule has 0 atom stereocenters. The Labute approximate surface area is 188 Å². The summed E-state index contributed by atoms with van der Waals surface area (Å²) in [6.45, 7) is 0. The highest BCUT2D eigenvalue weighted by molar-refractivity contribution is 7.99. The second-order valence-electron chi connectivity index (χ2n) is 6.38. The van der Waals surface area contributed by atoms with E-state index < -0.39 is 0 Å². The number of methoxy groups -OCH3 is 1. The van der Waals surface area contributed by atoms with E-state index in [-0.39, 0.29) is 11.7 Å². The Kier molecular flexibility index (Phi) is 6.49. The molecule has 9 heteroatoms. The molecule has 0 spiro atoms. The summed E-state index contributed by atoms with van der Waals surface area (Å²) in [7, 11) is 1.62. The summed E-state index contributed by atoms with van der Waals surface area (Å²) in [4.78, 5) is 16.5. The van der Waals surface area contributed by atoms with Crippen LogP contribution in [0.5, 0.6) is 5.75 Å². The van der Waals surface area contributed by atoms with Crippen molar-refractivity contribution in [2.45, 2.75) is 5.16 Å². The van der Waals surface area contributed by atoms with Gasteiger partial charge in [-0.2, -0.15) is 0 Å². The molecule has 0 unspecified atom stereocenters. The van der Waals surface area contributed by atoms with Crippen LogP contribution in [-0.4, -0.2) is 38.5 Å². The fourth-order valence-electron chi connectivity index (χ4n) is 2.94. The van der Waals surface area contributed by atoms with Gasteiger partial charge < -0.3 is 10.1 Å². The smallest absolute Gasteiger partial charge is 0.236 e. The lowest BCUT2D eigenvalue weighted by Crippen LogP contribution is -2.15. The minimum absolute atomic E-state index is 0.140. The number of pyridine rings is 1. The van der Waals surface area contributed by atoms with Gasteiger partial charge in [0.2, 0.25) is 5.91 Å². The van der Waals surface area contributed by atoms with Crippen LogP contribution in [-0.2, 0) is 4.79 Å². The SMILES string of the molecule is COc1ccccc1-c1nnc(SCC(=O)Nc2ccc(Cl)cn2)n1-c1ccccc1. The van der Waals surface area contributed by atoms with E-state index in [0.717, 1.165) is 11.3 Å². The number of ether oxygens (including phenoxy) is 1. The van der Waals surface area contributed by atoms with Crippen LogP contribution in [0.1, 0.15) is 0 Å². The molecule has 0 aliphatic carbocycles. The third-order valence-electron chi connectivity index (χ3n) is 4.32. The number of amides is 1. The van der Waals surface area contributed by atoms with Crippen LogP contribution in [0.2, 0.25) is 5.02 Å². The fourth-order valence-corrected chi connectivity index (χ4v) is 3.80. The van der Waals surface area contributed by atoms with E-state index in [9.17, 15) is 4.79 Å². The minimum atomic E-state index is -0.207. The lowest BCUT2D eigenvalue weighted by atomic mass is 10.2. The first kappa shape index (κ1) is 20.9. The number of benzene rings is 2. The van der Waals surface area contributed by atoms with E-state index in [1.165, 1.54) is 18.0 Å². The lowest BCUT2D eigenvalue weighted by molar-refractivity contribution is -0.113. The Morgan fingerprint density at radius 3 is 2.58 bits per heavy atom. The van der Waals surface area contributed by atoms with E-state index in [1.54, 1.807) is 19.2 Å². The highest BCUT2D eigenvalue weighted by atomic mass is 35.5. The number of nitrogens with one attached hydrogen (secondary N) is 1. The molecule has 1 amide bonds. The van der Waals surface area contributed by atoms with Gasteiger partial charge in [-0.25, -0.2) is 4.98 Å². The molecule has 31 heavy (non-hydrogen) atoms. The summed E-state index contributed by atoms with van der Waals surface area (Å²) in [6, 6.07) is 20.7. The maximum Gasteiger partial charge on any atom is 0.236 e. The average molecular weight is 452 g/mol. The predicted molar refractivity (Wildman–Crippen MR) is 122 cm³/mol. The van der Waals surface area contributed by atoms with Crippen molar-refractivity contribution in [3.8, 4) is 22.8 Å². The van der Waals surface area contributed by atoms with Gasteiger partial charge in [0.25, 0.3) is 0 Å². The Balaban J connectivity index is 1.61. The standard InChI is InChI=1S/C22H18ClN5O2S/c1-30-18-10-6-5-9-17(18)21-26-27-22(28(21)16-7-3-2-4-8-16)31-14-20(29)25-19-12-11-15(23)13-24-19/h2-13H,14H2,1H3,(H,24,25,29). The largest absolute Gasteiger partial charge is 0.496 e. The van der Waals surface area contributed by atoms with Crippen molar-refractivity contribution in [3.63, 3.8) is 0 Å². The Morgan fingerprint density at radius 2 is 1.84 bits per heavy atom. The van der Waals surface area contributed by atoms with Crippen LogP contribution < -0.4 is 10.1 Å². The van der Waals surface area contributed by atoms with Crippen molar-refractivity contribution in [3.05, 3.63) is 77.9 Å². The van der Waals surface area contributed by atoms with Crippen LogP contribution in [0, 0.1) is 0 Å². The lowest BCUT2D eigenvalue weighted by Gasteiger charge is -2.12. The number of thioether (sulfide) groups is 1. The summed E-state index contributed by atoms with van der Waals surface area (Å²) >= 11 is 7.12. The zero-order valence-corrected chi connectivity index (χ0v) is 18.1. The van der Waals surface area contributed by atoms with Crippen molar-refractivity contribution < 1.29 is 9.53 Å². The van der Waals surface area contributed by atoms with E-state index in [1.807, 2.05) is 59.2 Å². The normalized spacial score (nSPS) is 10.6. The number of rotatable bonds is 7. The van der Waals surface area contributed by atoms with Crippen LogP contribution in [0.3, 0.4) is 0 Å². The molecular weight excluding hydrogens is 434 g/mol. The van der Waals surface area contributed by atoms with Gasteiger partial charge in [0.1, 0.15) is 11.6 Å². The molecule has 156 valence electrons. The molecule has 0 aliphatic heterocycles. The van der Waals surface area contributed by atoms with Crippen molar-refractivity contribution in [2.75, 3.05) is 18.2 Å². The zero-order chi connectivity index (χ0) is 21.6. The van der Waals surface area contributed by atoms with E-state index >= 15 is 0 Å². The van der Waals surface area contributed by atoms with E-state index in [2.05, 4.69) is 20.5 Å². The van der Waals surface area contributed by atoms with Gasteiger partial charge in [-0.3, -0.25) is 9.36 Å². The zero-order valence-electron chi connectivity index (χ0n) is 16.5. The predicted octanol–water partition coefficient (Wildman–Crippen LogP) is 4.72. The van der Waals surface area contributed by atoms with Crippen molar-refractivity contribution in [2.24, 2.45) is 0 Å². The number of aromatic nitrogens is 4. The Morgan fingerprint density at radius 1 is 1.06 bits per heavy atom. The number of halogens is 1. The molecule has 0 aliphatic rings. The van der Waals surface area contributed by atoms with Gasteiger partial charge in [-0.05, 0) is 36.4 Å².